The van der Waals surface area contributed by atoms with Gasteiger partial charge in [-0.3, -0.25) is 0 Å². The summed E-state index contributed by atoms with van der Waals surface area (Å²) in [6.45, 7) is 18.0. The minimum Gasteiger partial charge on any atom is -1.00 e. The molecular weight excluding hydrogens is 1320 g/mol. The third-order valence-electron chi connectivity index (χ3n) is 13.5. The van der Waals surface area contributed by atoms with E-state index in [1.165, 1.54) is 87.6 Å². The molecule has 12 aromatic rings. The molecular formula is C72H68Cl6Si2Zr2-2. The molecule has 416 valence electrons. The van der Waals surface area contributed by atoms with Crippen LogP contribution in [0.4, 0.5) is 0 Å². The van der Waals surface area contributed by atoms with Crippen molar-refractivity contribution >= 4 is 100 Å². The molecule has 0 aliphatic heterocycles. The van der Waals surface area contributed by atoms with Crippen LogP contribution in [0.3, 0.4) is 0 Å². The molecule has 0 saturated heterocycles. The fourth-order valence-electron chi connectivity index (χ4n) is 9.66. The maximum absolute atomic E-state index is 6.30. The Balaban J connectivity index is 0.000000190. The molecule has 0 fully saturated rings. The van der Waals surface area contributed by atoms with Crippen LogP contribution in [-0.4, -0.2) is 10.9 Å². The van der Waals surface area contributed by atoms with Gasteiger partial charge in [0.05, 0.1) is 0 Å². The second-order valence-electron chi connectivity index (χ2n) is 20.0. The van der Waals surface area contributed by atoms with Crippen LogP contribution in [0.1, 0.15) is 49.9 Å². The average molecular weight is 1380 g/mol. The van der Waals surface area contributed by atoms with Crippen molar-refractivity contribution in [1.29, 1.82) is 0 Å². The second kappa shape index (κ2) is 34.3. The molecule has 12 aromatic carbocycles. The number of aryl methyl sites for hydroxylation is 4. The predicted octanol–water partition coefficient (Wildman–Crippen LogP) is 17.3. The molecule has 0 N–H and O–H groups in total. The van der Waals surface area contributed by atoms with Crippen LogP contribution in [0.5, 0.6) is 0 Å². The Labute approximate surface area is 550 Å². The van der Waals surface area contributed by atoms with Crippen LogP contribution in [-0.2, 0) is 72.4 Å². The van der Waals surface area contributed by atoms with E-state index in [9.17, 15) is 0 Å². The van der Waals surface area contributed by atoms with E-state index >= 15 is 0 Å². The Hall–Kier alpha value is -3.86. The number of fused-ring (bicyclic) bond motifs is 4. The van der Waals surface area contributed by atoms with E-state index in [0.29, 0.717) is 0 Å². The van der Waals surface area contributed by atoms with E-state index in [4.69, 9.17) is 46.4 Å². The Morgan fingerprint density at radius 3 is 0.634 bits per heavy atom. The Morgan fingerprint density at radius 1 is 0.293 bits per heavy atom. The molecule has 0 aliphatic carbocycles. The van der Waals surface area contributed by atoms with Crippen LogP contribution in [0.2, 0.25) is 46.3 Å². The topological polar surface area (TPSA) is 0 Å². The molecule has 0 saturated carbocycles. The first-order chi connectivity index (χ1) is 38.6. The van der Waals surface area contributed by atoms with E-state index in [-0.39, 0.29) is 35.7 Å². The van der Waals surface area contributed by atoms with Gasteiger partial charge in [0.15, 0.2) is 0 Å². The van der Waals surface area contributed by atoms with Gasteiger partial charge in [0.25, 0.3) is 0 Å². The summed E-state index contributed by atoms with van der Waals surface area (Å²) in [6.07, 6.45) is 4.26. The molecule has 10 heteroatoms. The quantitative estimate of drug-likeness (QED) is 0.105. The molecule has 0 unspecified atom stereocenters. The van der Waals surface area contributed by atoms with Gasteiger partial charge in [-0.2, -0.15) is 24.3 Å². The Bertz CT molecular complexity index is 3490. The van der Waals surface area contributed by atoms with E-state index < -0.39 is 0 Å². The molecule has 0 spiro atoms. The van der Waals surface area contributed by atoms with Gasteiger partial charge >= 0.3 is 83.7 Å². The summed E-state index contributed by atoms with van der Waals surface area (Å²) in [7, 11) is 0. The monoisotopic (exact) mass is 1380 g/mol. The van der Waals surface area contributed by atoms with Gasteiger partial charge in [0.1, 0.15) is 0 Å². The molecule has 0 radical (unpaired) electrons. The summed E-state index contributed by atoms with van der Waals surface area (Å²) in [6, 6.07) is 75.8. The summed E-state index contributed by atoms with van der Waals surface area (Å²) in [5.41, 5.74) is 15.3. The average Bonchev–Trinajstić information content (AvgIpc) is 4.35. The van der Waals surface area contributed by atoms with Crippen molar-refractivity contribution in [3.63, 3.8) is 0 Å². The first-order valence-electron chi connectivity index (χ1n) is 27.4. The summed E-state index contributed by atoms with van der Waals surface area (Å²) in [5, 5.41) is 13.6. The fraction of sp³-hybridized carbons (Fsp3) is 0.167. The van der Waals surface area contributed by atoms with Crippen LogP contribution in [0.25, 0.3) is 87.6 Å². The minimum absolute atomic E-state index is 0. The number of hydrogen-bond acceptors (Lipinski definition) is 0. The molecule has 0 heterocycles. The van der Waals surface area contributed by atoms with Crippen LogP contribution in [0.15, 0.2) is 218 Å². The van der Waals surface area contributed by atoms with Crippen molar-refractivity contribution in [1.82, 2.24) is 0 Å². The summed E-state index contributed by atoms with van der Waals surface area (Å²) >= 11 is 28.7. The smallest absolute Gasteiger partial charge is 1.00 e. The van der Waals surface area contributed by atoms with Gasteiger partial charge in [-0.1, -0.05) is 193 Å². The van der Waals surface area contributed by atoms with Crippen molar-refractivity contribution in [2.24, 2.45) is 0 Å². The normalized spacial score (nSPS) is 10.3. The van der Waals surface area contributed by atoms with E-state index in [1.807, 2.05) is 72.8 Å². The van der Waals surface area contributed by atoms with Crippen molar-refractivity contribution < 1.29 is 71.5 Å². The van der Waals surface area contributed by atoms with Crippen molar-refractivity contribution in [2.75, 3.05) is 0 Å². The van der Waals surface area contributed by atoms with Crippen molar-refractivity contribution in [3.8, 4) is 44.5 Å². The van der Waals surface area contributed by atoms with Crippen LogP contribution < -0.4 is 24.8 Å². The van der Waals surface area contributed by atoms with Crippen molar-refractivity contribution in [3.05, 3.63) is 261 Å². The second-order valence-corrected chi connectivity index (χ2v) is 40.4. The molecule has 12 rings (SSSR count). The standard InChI is InChI=1S/4C17H14Cl.2C2H6Si.2ClH.2Zr/c4*1-2-12-10-13-6-5-8-14(16(13)11-12)15-7-3-4-9-17(15)18;2*1-3-2;;;;/h4*3-11H,2H2,1H3;2*1-2H3;2*1H;;/q4*-1;;;;;2*+2/p-2. The van der Waals surface area contributed by atoms with Crippen LogP contribution in [0, 0.1) is 0 Å². The third-order valence-corrected chi connectivity index (χ3v) is 14.8. The number of benzene rings is 8. The Kier molecular flexibility index (Phi) is 28.8. The van der Waals surface area contributed by atoms with Gasteiger partial charge in [-0.25, -0.2) is 0 Å². The van der Waals surface area contributed by atoms with E-state index in [0.717, 1.165) is 68.0 Å². The summed E-state index contributed by atoms with van der Waals surface area (Å²) in [4.78, 5) is 0. The largest absolute Gasteiger partial charge is 1.00 e. The third kappa shape index (κ3) is 18.6. The zero-order valence-corrected chi connectivity index (χ0v) is 59.3. The number of halogens is 6. The summed E-state index contributed by atoms with van der Waals surface area (Å²) in [5.74, 6) is 0. The zero-order chi connectivity index (χ0) is 57.3. The molecule has 0 bridgehead atoms. The van der Waals surface area contributed by atoms with Gasteiger partial charge in [0.2, 0.25) is 0 Å². The first kappa shape index (κ1) is 68.9. The number of hydrogen-bond donors (Lipinski definition) is 0. The van der Waals surface area contributed by atoms with Crippen molar-refractivity contribution in [2.45, 2.75) is 79.6 Å². The van der Waals surface area contributed by atoms with Gasteiger partial charge in [-0.05, 0) is 72.2 Å². The predicted molar refractivity (Wildman–Crippen MR) is 352 cm³/mol. The maximum Gasteiger partial charge on any atom is -1.00 e. The van der Waals surface area contributed by atoms with Gasteiger partial charge in [0, 0.05) is 20.1 Å². The van der Waals surface area contributed by atoms with E-state index in [1.54, 1.807) is 46.7 Å². The van der Waals surface area contributed by atoms with Gasteiger partial charge in [-0.15, -0.1) is 138 Å². The molecule has 0 aliphatic rings. The zero-order valence-electron chi connectivity index (χ0n) is 47.9. The SMILES string of the molecule is CCc1cc2c(-c3ccccc3Cl)cccc2[cH-]1.CCc1cc2c(-c3ccccc3Cl)cccc2[cH-]1.CCc1cc2c(-c3ccccc3Cl)cccc2[cH-]1.CCc1cc2c(-c3ccccc3Cl)cccc2[cH-]1.C[Si](C)=[Zr+2].C[Si](C)=[Zr+2].[Cl-].[Cl-]. The summed E-state index contributed by atoms with van der Waals surface area (Å²) < 4.78 is 0. The Morgan fingerprint density at radius 2 is 0.463 bits per heavy atom. The fourth-order valence-corrected chi connectivity index (χ4v) is 10.6. The molecule has 0 atom stereocenters. The first-order valence-corrected chi connectivity index (χ1v) is 41.3. The van der Waals surface area contributed by atoms with E-state index in [2.05, 4.69) is 199 Å². The molecule has 0 amide bonds. The van der Waals surface area contributed by atoms with Crippen LogP contribution >= 0.6 is 46.4 Å². The van der Waals surface area contributed by atoms with Gasteiger partial charge < -0.3 is 24.8 Å². The minimum atomic E-state index is 0. The molecule has 82 heavy (non-hydrogen) atoms. The molecule has 0 nitrogen and oxygen atoms in total. The molecule has 0 aromatic heterocycles. The maximum atomic E-state index is 6.30. The number of rotatable bonds is 8.